The molecule has 0 aliphatic carbocycles. The number of nitrogens with zero attached hydrogens (tertiary/aromatic N) is 3. The maximum Gasteiger partial charge on any atom is 0.290 e. The number of aromatic nitrogens is 2. The summed E-state index contributed by atoms with van der Waals surface area (Å²) in [5, 5.41) is 2.87. The van der Waals surface area contributed by atoms with Gasteiger partial charge in [0.25, 0.3) is 5.56 Å². The lowest BCUT2D eigenvalue weighted by atomic mass is 10.2. The Hall–Kier alpha value is -3.07. The van der Waals surface area contributed by atoms with E-state index < -0.39 is 0 Å². The quantitative estimate of drug-likeness (QED) is 0.763. The number of H-pyrrole nitrogens is 1. The zero-order valence-electron chi connectivity index (χ0n) is 15.4. The Balaban J connectivity index is 1.54. The molecule has 3 rings (SSSR count). The predicted octanol–water partition coefficient (Wildman–Crippen LogP) is 0.548. The molecule has 0 saturated carbocycles. The lowest BCUT2D eigenvalue weighted by Gasteiger charge is -2.34. The number of carbonyl (C=O) groups excluding carboxylic acids is 1. The molecule has 1 amide bonds. The number of hydrogen-bond acceptors (Lipinski definition) is 7. The van der Waals surface area contributed by atoms with Crippen LogP contribution in [-0.4, -0.2) is 67.7 Å². The Labute approximate surface area is 156 Å². The van der Waals surface area contributed by atoms with E-state index in [4.69, 9.17) is 9.47 Å². The van der Waals surface area contributed by atoms with Crippen LogP contribution < -0.4 is 25.2 Å². The summed E-state index contributed by atoms with van der Waals surface area (Å²) in [5.74, 6) is 1.53. The van der Waals surface area contributed by atoms with E-state index >= 15 is 0 Å². The molecule has 0 radical (unpaired) electrons. The van der Waals surface area contributed by atoms with Crippen LogP contribution in [0.2, 0.25) is 0 Å². The van der Waals surface area contributed by atoms with Crippen LogP contribution in [0.3, 0.4) is 0 Å². The summed E-state index contributed by atoms with van der Waals surface area (Å²) in [6, 6.07) is 5.23. The largest absolute Gasteiger partial charge is 0.497 e. The lowest BCUT2D eigenvalue weighted by molar-refractivity contribution is -0.117. The number of aromatic amines is 1. The van der Waals surface area contributed by atoms with Gasteiger partial charge in [0.2, 0.25) is 5.91 Å². The first-order chi connectivity index (χ1) is 13.1. The second-order valence-electron chi connectivity index (χ2n) is 6.15. The topological polar surface area (TPSA) is 99.8 Å². The Kier molecular flexibility index (Phi) is 5.92. The average molecular weight is 373 g/mol. The molecule has 1 aromatic heterocycles. The summed E-state index contributed by atoms with van der Waals surface area (Å²) in [6.07, 6.45) is 3.08. The fraction of sp³-hybridized carbons (Fsp3) is 0.389. The SMILES string of the molecule is COc1cc(NC(=O)CN2CCN(c3ncc[nH]c3=O)CC2)cc(OC)c1. The third kappa shape index (κ3) is 4.76. The molecule has 0 atom stereocenters. The van der Waals surface area contributed by atoms with Crippen molar-refractivity contribution in [1.29, 1.82) is 0 Å². The fourth-order valence-corrected chi connectivity index (χ4v) is 2.97. The molecule has 2 heterocycles. The fourth-order valence-electron chi connectivity index (χ4n) is 2.97. The monoisotopic (exact) mass is 373 g/mol. The maximum atomic E-state index is 12.4. The predicted molar refractivity (Wildman–Crippen MR) is 102 cm³/mol. The first-order valence-corrected chi connectivity index (χ1v) is 8.63. The summed E-state index contributed by atoms with van der Waals surface area (Å²) in [4.78, 5) is 34.9. The Morgan fingerprint density at radius 1 is 1.15 bits per heavy atom. The number of anilines is 2. The zero-order chi connectivity index (χ0) is 19.2. The van der Waals surface area contributed by atoms with Crippen molar-refractivity contribution in [2.24, 2.45) is 0 Å². The third-order valence-corrected chi connectivity index (χ3v) is 4.36. The number of nitrogens with one attached hydrogen (secondary N) is 2. The minimum atomic E-state index is -0.198. The number of carbonyl (C=O) groups is 1. The number of benzene rings is 1. The van der Waals surface area contributed by atoms with E-state index in [1.807, 2.05) is 9.80 Å². The van der Waals surface area contributed by atoms with E-state index in [1.54, 1.807) is 38.6 Å². The van der Waals surface area contributed by atoms with Gasteiger partial charge in [-0.3, -0.25) is 14.5 Å². The first kappa shape index (κ1) is 18.7. The molecule has 27 heavy (non-hydrogen) atoms. The molecule has 1 fully saturated rings. The third-order valence-electron chi connectivity index (χ3n) is 4.36. The summed E-state index contributed by atoms with van der Waals surface area (Å²) < 4.78 is 10.4. The van der Waals surface area contributed by atoms with Gasteiger partial charge in [-0.05, 0) is 0 Å². The highest BCUT2D eigenvalue weighted by Crippen LogP contribution is 2.25. The molecule has 9 heteroatoms. The van der Waals surface area contributed by atoms with Crippen LogP contribution in [0.4, 0.5) is 11.5 Å². The van der Waals surface area contributed by atoms with Gasteiger partial charge in [-0.25, -0.2) is 4.98 Å². The van der Waals surface area contributed by atoms with Gasteiger partial charge in [-0.1, -0.05) is 0 Å². The van der Waals surface area contributed by atoms with E-state index in [0.717, 1.165) is 0 Å². The van der Waals surface area contributed by atoms with Crippen molar-refractivity contribution in [3.05, 3.63) is 40.9 Å². The molecule has 9 nitrogen and oxygen atoms in total. The number of hydrogen-bond donors (Lipinski definition) is 2. The maximum absolute atomic E-state index is 12.4. The molecule has 0 spiro atoms. The summed E-state index contributed by atoms with van der Waals surface area (Å²) in [7, 11) is 3.12. The van der Waals surface area contributed by atoms with Gasteiger partial charge >= 0.3 is 0 Å². The molecule has 1 aliphatic rings. The molecule has 1 aliphatic heterocycles. The van der Waals surface area contributed by atoms with Gasteiger partial charge < -0.3 is 24.7 Å². The summed E-state index contributed by atoms with van der Waals surface area (Å²) in [5.41, 5.74) is 0.422. The number of ether oxygens (including phenoxy) is 2. The van der Waals surface area contributed by atoms with Crippen molar-refractivity contribution in [1.82, 2.24) is 14.9 Å². The number of methoxy groups -OCH3 is 2. The van der Waals surface area contributed by atoms with Crippen LogP contribution in [0.1, 0.15) is 0 Å². The van der Waals surface area contributed by atoms with Crippen molar-refractivity contribution >= 4 is 17.4 Å². The van der Waals surface area contributed by atoms with E-state index in [0.29, 0.717) is 49.2 Å². The van der Waals surface area contributed by atoms with Crippen LogP contribution >= 0.6 is 0 Å². The average Bonchev–Trinajstić information content (AvgIpc) is 2.68. The lowest BCUT2D eigenvalue weighted by Crippen LogP contribution is -2.50. The zero-order valence-corrected chi connectivity index (χ0v) is 15.4. The molecular formula is C18H23N5O4. The molecule has 0 bridgehead atoms. The van der Waals surface area contributed by atoms with Crippen LogP contribution in [0.5, 0.6) is 11.5 Å². The highest BCUT2D eigenvalue weighted by atomic mass is 16.5. The van der Waals surface area contributed by atoms with Crippen molar-refractivity contribution < 1.29 is 14.3 Å². The van der Waals surface area contributed by atoms with E-state index in [2.05, 4.69) is 15.3 Å². The Morgan fingerprint density at radius 3 is 2.41 bits per heavy atom. The van der Waals surface area contributed by atoms with Gasteiger partial charge in [-0.15, -0.1) is 0 Å². The van der Waals surface area contributed by atoms with Gasteiger partial charge in [0.1, 0.15) is 11.5 Å². The number of amides is 1. The van der Waals surface area contributed by atoms with Crippen molar-refractivity contribution in [3.8, 4) is 11.5 Å². The van der Waals surface area contributed by atoms with Crippen LogP contribution in [0.15, 0.2) is 35.4 Å². The molecule has 2 N–H and O–H groups in total. The summed E-state index contributed by atoms with van der Waals surface area (Å²) in [6.45, 7) is 2.89. The Morgan fingerprint density at radius 2 is 1.81 bits per heavy atom. The number of piperazine rings is 1. The minimum absolute atomic E-state index is 0.116. The van der Waals surface area contributed by atoms with Gasteiger partial charge in [0.05, 0.1) is 20.8 Å². The second kappa shape index (κ2) is 8.54. The second-order valence-corrected chi connectivity index (χ2v) is 6.15. The van der Waals surface area contributed by atoms with Crippen molar-refractivity contribution in [2.45, 2.75) is 0 Å². The molecule has 144 valence electrons. The number of rotatable bonds is 6. The van der Waals surface area contributed by atoms with Gasteiger partial charge in [0.15, 0.2) is 5.82 Å². The van der Waals surface area contributed by atoms with Crippen LogP contribution in [0.25, 0.3) is 0 Å². The van der Waals surface area contributed by atoms with E-state index in [-0.39, 0.29) is 18.0 Å². The minimum Gasteiger partial charge on any atom is -0.497 e. The molecule has 1 saturated heterocycles. The Bertz CT molecular complexity index is 823. The van der Waals surface area contributed by atoms with Crippen LogP contribution in [-0.2, 0) is 4.79 Å². The van der Waals surface area contributed by atoms with E-state index in [1.165, 1.54) is 6.20 Å². The normalized spacial score (nSPS) is 14.7. The smallest absolute Gasteiger partial charge is 0.290 e. The molecule has 0 unspecified atom stereocenters. The molecule has 1 aromatic carbocycles. The van der Waals surface area contributed by atoms with E-state index in [9.17, 15) is 9.59 Å². The molecule has 2 aromatic rings. The standard InChI is InChI=1S/C18H23N5O4/c1-26-14-9-13(10-15(11-14)27-2)21-16(24)12-22-5-7-23(8-6-22)17-18(25)20-4-3-19-17/h3-4,9-11H,5-8,12H2,1-2H3,(H,20,25)(H,21,24). The van der Waals surface area contributed by atoms with Crippen molar-refractivity contribution in [3.63, 3.8) is 0 Å². The van der Waals surface area contributed by atoms with Crippen molar-refractivity contribution in [2.75, 3.05) is 57.2 Å². The first-order valence-electron chi connectivity index (χ1n) is 8.63. The van der Waals surface area contributed by atoms with Crippen LogP contribution in [0, 0.1) is 0 Å². The molecular weight excluding hydrogens is 350 g/mol. The highest BCUT2D eigenvalue weighted by Gasteiger charge is 2.21. The van der Waals surface area contributed by atoms with Gasteiger partial charge in [-0.2, -0.15) is 0 Å². The summed E-state index contributed by atoms with van der Waals surface area (Å²) >= 11 is 0. The van der Waals surface area contributed by atoms with Gasteiger partial charge in [0, 0.05) is 62.5 Å². The highest BCUT2D eigenvalue weighted by molar-refractivity contribution is 5.92.